The van der Waals surface area contributed by atoms with Crippen molar-refractivity contribution in [3.8, 4) is 11.1 Å². The molecule has 0 bridgehead atoms. The van der Waals surface area contributed by atoms with Crippen molar-refractivity contribution in [3.63, 3.8) is 0 Å². The molecule has 19 heavy (non-hydrogen) atoms. The van der Waals surface area contributed by atoms with E-state index in [0.29, 0.717) is 18.6 Å². The number of hydrogen-bond donors (Lipinski definition) is 0. The number of hydrogen-bond acceptors (Lipinski definition) is 1. The summed E-state index contributed by atoms with van der Waals surface area (Å²) in [6.07, 6.45) is 2.12. The largest absolute Gasteiger partial charge is 0.299 e. The van der Waals surface area contributed by atoms with E-state index in [4.69, 9.17) is 11.6 Å². The molecule has 2 aromatic rings. The number of ketones is 1. The third-order valence-electron chi connectivity index (χ3n) is 3.06. The van der Waals surface area contributed by atoms with Gasteiger partial charge in [0.1, 0.15) is 5.78 Å². The van der Waals surface area contributed by atoms with E-state index in [1.165, 1.54) is 0 Å². The molecule has 0 spiro atoms. The van der Waals surface area contributed by atoms with E-state index in [1.807, 2.05) is 43.3 Å². The van der Waals surface area contributed by atoms with Gasteiger partial charge in [-0.3, -0.25) is 4.79 Å². The van der Waals surface area contributed by atoms with Crippen LogP contribution in [0.15, 0.2) is 48.5 Å². The monoisotopic (exact) mass is 272 g/mol. The standard InChI is InChI=1S/C17H17ClO/c1-2-3-17(19)12-13-4-6-14(7-5-13)15-8-10-16(18)11-9-15/h4-11H,2-3,12H2,1H3. The summed E-state index contributed by atoms with van der Waals surface area (Å²) in [6, 6.07) is 15.9. The number of Topliss-reactive ketones (excluding diaryl/α,β-unsaturated/α-hetero) is 1. The Hall–Kier alpha value is -1.60. The van der Waals surface area contributed by atoms with E-state index in [0.717, 1.165) is 28.1 Å². The lowest BCUT2D eigenvalue weighted by Crippen LogP contribution is -2.01. The summed E-state index contributed by atoms with van der Waals surface area (Å²) in [7, 11) is 0. The van der Waals surface area contributed by atoms with Gasteiger partial charge in [0.05, 0.1) is 0 Å². The molecular weight excluding hydrogens is 256 g/mol. The third kappa shape index (κ3) is 3.93. The van der Waals surface area contributed by atoms with Crippen LogP contribution in [0.25, 0.3) is 11.1 Å². The smallest absolute Gasteiger partial charge is 0.137 e. The first-order chi connectivity index (χ1) is 9.19. The fourth-order valence-corrected chi connectivity index (χ4v) is 2.18. The predicted molar refractivity (Wildman–Crippen MR) is 80.5 cm³/mol. The summed E-state index contributed by atoms with van der Waals surface area (Å²) >= 11 is 5.87. The van der Waals surface area contributed by atoms with Crippen LogP contribution in [-0.4, -0.2) is 5.78 Å². The van der Waals surface area contributed by atoms with Crippen LogP contribution in [0.2, 0.25) is 5.02 Å². The van der Waals surface area contributed by atoms with Crippen LogP contribution in [0, 0.1) is 0 Å². The second kappa shape index (κ2) is 6.53. The van der Waals surface area contributed by atoms with Gasteiger partial charge in [0.15, 0.2) is 0 Å². The van der Waals surface area contributed by atoms with Crippen LogP contribution in [-0.2, 0) is 11.2 Å². The molecule has 0 aliphatic heterocycles. The van der Waals surface area contributed by atoms with Crippen LogP contribution in [0.5, 0.6) is 0 Å². The summed E-state index contributed by atoms with van der Waals surface area (Å²) in [6.45, 7) is 2.03. The normalized spacial score (nSPS) is 10.4. The van der Waals surface area contributed by atoms with Gasteiger partial charge in [0, 0.05) is 17.9 Å². The molecule has 0 N–H and O–H groups in total. The van der Waals surface area contributed by atoms with Gasteiger partial charge < -0.3 is 0 Å². The van der Waals surface area contributed by atoms with Gasteiger partial charge in [-0.25, -0.2) is 0 Å². The van der Waals surface area contributed by atoms with Crippen molar-refractivity contribution in [1.82, 2.24) is 0 Å². The number of rotatable bonds is 5. The van der Waals surface area contributed by atoms with Gasteiger partial charge in [-0.1, -0.05) is 54.9 Å². The van der Waals surface area contributed by atoms with Crippen LogP contribution < -0.4 is 0 Å². The van der Waals surface area contributed by atoms with Gasteiger partial charge in [-0.15, -0.1) is 0 Å². The maximum Gasteiger partial charge on any atom is 0.137 e. The van der Waals surface area contributed by atoms with Crippen molar-refractivity contribution in [3.05, 3.63) is 59.1 Å². The van der Waals surface area contributed by atoms with Crippen molar-refractivity contribution >= 4 is 17.4 Å². The Balaban J connectivity index is 2.10. The summed E-state index contributed by atoms with van der Waals surface area (Å²) in [4.78, 5) is 11.6. The fraction of sp³-hybridized carbons (Fsp3) is 0.235. The minimum absolute atomic E-state index is 0.307. The first kappa shape index (κ1) is 13.8. The van der Waals surface area contributed by atoms with E-state index in [1.54, 1.807) is 0 Å². The molecule has 98 valence electrons. The average Bonchev–Trinajstić information content (AvgIpc) is 2.41. The van der Waals surface area contributed by atoms with Gasteiger partial charge >= 0.3 is 0 Å². The summed E-state index contributed by atoms with van der Waals surface area (Å²) in [5.74, 6) is 0.307. The molecule has 0 saturated carbocycles. The SMILES string of the molecule is CCCC(=O)Cc1ccc(-c2ccc(Cl)cc2)cc1. The predicted octanol–water partition coefficient (Wildman–Crippen LogP) is 4.92. The van der Waals surface area contributed by atoms with Crippen molar-refractivity contribution in [2.45, 2.75) is 26.2 Å². The molecule has 0 unspecified atom stereocenters. The van der Waals surface area contributed by atoms with Gasteiger partial charge in [0.25, 0.3) is 0 Å². The first-order valence-electron chi connectivity index (χ1n) is 6.55. The highest BCUT2D eigenvalue weighted by atomic mass is 35.5. The molecular formula is C17H17ClO. The number of carbonyl (C=O) groups is 1. The molecule has 0 saturated heterocycles. The number of halogens is 1. The van der Waals surface area contributed by atoms with Crippen molar-refractivity contribution < 1.29 is 4.79 Å². The zero-order valence-electron chi connectivity index (χ0n) is 11.0. The minimum atomic E-state index is 0.307. The highest BCUT2D eigenvalue weighted by molar-refractivity contribution is 6.30. The van der Waals surface area contributed by atoms with Crippen LogP contribution in [0.3, 0.4) is 0 Å². The second-order valence-corrected chi connectivity index (χ2v) is 5.11. The van der Waals surface area contributed by atoms with E-state index in [-0.39, 0.29) is 0 Å². The van der Waals surface area contributed by atoms with E-state index in [2.05, 4.69) is 12.1 Å². The molecule has 0 heterocycles. The molecule has 2 rings (SSSR count). The average molecular weight is 273 g/mol. The van der Waals surface area contributed by atoms with Crippen LogP contribution >= 0.6 is 11.6 Å². The Morgan fingerprint density at radius 2 is 1.47 bits per heavy atom. The highest BCUT2D eigenvalue weighted by Crippen LogP contribution is 2.22. The molecule has 2 aromatic carbocycles. The van der Waals surface area contributed by atoms with Crippen molar-refractivity contribution in [2.75, 3.05) is 0 Å². The lowest BCUT2D eigenvalue weighted by molar-refractivity contribution is -0.118. The Morgan fingerprint density at radius 1 is 0.947 bits per heavy atom. The molecule has 0 radical (unpaired) electrons. The Labute approximate surface area is 119 Å². The molecule has 1 nitrogen and oxygen atoms in total. The van der Waals surface area contributed by atoms with Gasteiger partial charge in [0.2, 0.25) is 0 Å². The van der Waals surface area contributed by atoms with E-state index < -0.39 is 0 Å². The lowest BCUT2D eigenvalue weighted by atomic mass is 10.0. The third-order valence-corrected chi connectivity index (χ3v) is 3.31. The number of carbonyl (C=O) groups excluding carboxylic acids is 1. The highest BCUT2D eigenvalue weighted by Gasteiger charge is 2.03. The fourth-order valence-electron chi connectivity index (χ4n) is 2.05. The Morgan fingerprint density at radius 3 is 2.00 bits per heavy atom. The van der Waals surface area contributed by atoms with Crippen LogP contribution in [0.4, 0.5) is 0 Å². The van der Waals surface area contributed by atoms with Crippen molar-refractivity contribution in [1.29, 1.82) is 0 Å². The first-order valence-corrected chi connectivity index (χ1v) is 6.93. The summed E-state index contributed by atoms with van der Waals surface area (Å²) in [5.41, 5.74) is 3.36. The minimum Gasteiger partial charge on any atom is -0.299 e. The zero-order chi connectivity index (χ0) is 13.7. The van der Waals surface area contributed by atoms with Crippen molar-refractivity contribution in [2.24, 2.45) is 0 Å². The maximum atomic E-state index is 11.6. The van der Waals surface area contributed by atoms with Crippen LogP contribution in [0.1, 0.15) is 25.3 Å². The van der Waals surface area contributed by atoms with Gasteiger partial charge in [-0.05, 0) is 35.2 Å². The molecule has 0 aliphatic rings. The molecule has 0 aromatic heterocycles. The molecule has 2 heteroatoms. The maximum absolute atomic E-state index is 11.6. The Kier molecular flexibility index (Phi) is 4.75. The molecule has 0 amide bonds. The topological polar surface area (TPSA) is 17.1 Å². The van der Waals surface area contributed by atoms with E-state index >= 15 is 0 Å². The molecule has 0 fully saturated rings. The quantitative estimate of drug-likeness (QED) is 0.755. The molecule has 0 atom stereocenters. The van der Waals surface area contributed by atoms with E-state index in [9.17, 15) is 4.79 Å². The second-order valence-electron chi connectivity index (χ2n) is 4.67. The molecule has 0 aliphatic carbocycles. The zero-order valence-corrected chi connectivity index (χ0v) is 11.8. The number of benzene rings is 2. The summed E-state index contributed by atoms with van der Waals surface area (Å²) < 4.78 is 0. The van der Waals surface area contributed by atoms with Gasteiger partial charge in [-0.2, -0.15) is 0 Å². The summed E-state index contributed by atoms with van der Waals surface area (Å²) in [5, 5.41) is 0.741. The Bertz CT molecular complexity index is 540. The lowest BCUT2D eigenvalue weighted by Gasteiger charge is -2.04.